The number of carbonyl (C=O) groups is 1. The number of rotatable bonds is 5. The van der Waals surface area contributed by atoms with Crippen molar-refractivity contribution in [2.75, 3.05) is 25.4 Å². The van der Waals surface area contributed by atoms with Crippen LogP contribution in [-0.2, 0) is 0 Å². The molecule has 0 spiro atoms. The third-order valence-corrected chi connectivity index (χ3v) is 2.59. The van der Waals surface area contributed by atoms with Crippen LogP contribution in [0.1, 0.15) is 31.1 Å². The molecule has 0 aliphatic rings. The van der Waals surface area contributed by atoms with Crippen molar-refractivity contribution in [3.8, 4) is 5.75 Å². The maximum atomic E-state index is 12.2. The van der Waals surface area contributed by atoms with E-state index < -0.39 is 0 Å². The van der Waals surface area contributed by atoms with Crippen LogP contribution < -0.4 is 10.5 Å². The Morgan fingerprint density at radius 2 is 1.89 bits per heavy atom. The van der Waals surface area contributed by atoms with Gasteiger partial charge in [-0.1, -0.05) is 0 Å². The van der Waals surface area contributed by atoms with Crippen molar-refractivity contribution in [3.63, 3.8) is 0 Å². The summed E-state index contributed by atoms with van der Waals surface area (Å²) in [5.41, 5.74) is 6.87. The van der Waals surface area contributed by atoms with Crippen LogP contribution in [0, 0.1) is 0 Å². The summed E-state index contributed by atoms with van der Waals surface area (Å²) in [7, 11) is 0. The molecule has 0 unspecified atom stereocenters. The Bertz CT molecular complexity index is 393. The third-order valence-electron chi connectivity index (χ3n) is 2.59. The summed E-state index contributed by atoms with van der Waals surface area (Å²) in [5, 5.41) is 0. The summed E-state index contributed by atoms with van der Waals surface area (Å²) in [6.07, 6.45) is 0. The van der Waals surface area contributed by atoms with Gasteiger partial charge in [-0.05, 0) is 32.9 Å². The number of benzene rings is 1. The van der Waals surface area contributed by atoms with Gasteiger partial charge in [-0.25, -0.2) is 0 Å². The zero-order valence-electron chi connectivity index (χ0n) is 11.1. The molecule has 0 saturated heterocycles. The molecule has 102 valence electrons. The molecule has 5 heteroatoms. The van der Waals surface area contributed by atoms with E-state index in [0.717, 1.165) is 0 Å². The molecule has 18 heavy (non-hydrogen) atoms. The summed E-state index contributed by atoms with van der Waals surface area (Å²) in [6.45, 7) is 7.69. The maximum Gasteiger partial charge on any atom is 0.257 e. The van der Waals surface area contributed by atoms with Crippen molar-refractivity contribution in [1.82, 2.24) is 4.90 Å². The molecule has 0 bridgehead atoms. The SMILES string of the molecule is CCOc1cc(N)ccc1C(=O)N(CC)CC.Cl. The predicted octanol–water partition coefficient (Wildman–Crippen LogP) is 2.57. The molecule has 1 amide bonds. The molecule has 0 radical (unpaired) electrons. The summed E-state index contributed by atoms with van der Waals surface area (Å²) in [4.78, 5) is 14.0. The van der Waals surface area contributed by atoms with E-state index in [1.807, 2.05) is 20.8 Å². The Balaban J connectivity index is 0.00000289. The first-order valence-corrected chi connectivity index (χ1v) is 5.95. The van der Waals surface area contributed by atoms with E-state index in [1.54, 1.807) is 23.1 Å². The highest BCUT2D eigenvalue weighted by atomic mass is 35.5. The second kappa shape index (κ2) is 7.82. The molecule has 4 nitrogen and oxygen atoms in total. The molecule has 2 N–H and O–H groups in total. The van der Waals surface area contributed by atoms with Gasteiger partial charge in [-0.3, -0.25) is 4.79 Å². The molecule has 1 aromatic carbocycles. The van der Waals surface area contributed by atoms with E-state index >= 15 is 0 Å². The van der Waals surface area contributed by atoms with E-state index in [1.165, 1.54) is 0 Å². The lowest BCUT2D eigenvalue weighted by molar-refractivity contribution is 0.0769. The number of hydrogen-bond acceptors (Lipinski definition) is 3. The lowest BCUT2D eigenvalue weighted by atomic mass is 10.1. The summed E-state index contributed by atoms with van der Waals surface area (Å²) >= 11 is 0. The van der Waals surface area contributed by atoms with Gasteiger partial charge < -0.3 is 15.4 Å². The number of nitrogens with two attached hydrogens (primary N) is 1. The van der Waals surface area contributed by atoms with Gasteiger partial charge in [0.1, 0.15) is 5.75 Å². The Labute approximate surface area is 115 Å². The van der Waals surface area contributed by atoms with Crippen LogP contribution in [0.25, 0.3) is 0 Å². The van der Waals surface area contributed by atoms with Gasteiger partial charge in [-0.2, -0.15) is 0 Å². The smallest absolute Gasteiger partial charge is 0.257 e. The molecule has 0 aliphatic heterocycles. The van der Waals surface area contributed by atoms with Crippen molar-refractivity contribution in [1.29, 1.82) is 0 Å². The molecule has 0 atom stereocenters. The van der Waals surface area contributed by atoms with Gasteiger partial charge in [0.25, 0.3) is 5.91 Å². The first-order chi connectivity index (χ1) is 8.13. The van der Waals surface area contributed by atoms with Crippen molar-refractivity contribution in [2.45, 2.75) is 20.8 Å². The summed E-state index contributed by atoms with van der Waals surface area (Å²) < 4.78 is 5.45. The molecule has 0 heterocycles. The zero-order valence-corrected chi connectivity index (χ0v) is 11.9. The molecule has 0 aromatic heterocycles. The van der Waals surface area contributed by atoms with Gasteiger partial charge in [0, 0.05) is 24.8 Å². The van der Waals surface area contributed by atoms with Gasteiger partial charge in [0.05, 0.1) is 12.2 Å². The predicted molar refractivity (Wildman–Crippen MR) is 76.5 cm³/mol. The van der Waals surface area contributed by atoms with Gasteiger partial charge in [0.15, 0.2) is 0 Å². The minimum absolute atomic E-state index is 0. The van der Waals surface area contributed by atoms with E-state index in [4.69, 9.17) is 10.5 Å². The monoisotopic (exact) mass is 272 g/mol. The van der Waals surface area contributed by atoms with Crippen LogP contribution in [0.3, 0.4) is 0 Å². The zero-order chi connectivity index (χ0) is 12.8. The molecule has 1 rings (SSSR count). The average Bonchev–Trinajstić information content (AvgIpc) is 2.31. The number of hydrogen-bond donors (Lipinski definition) is 1. The summed E-state index contributed by atoms with van der Waals surface area (Å²) in [5.74, 6) is 0.544. The van der Waals surface area contributed by atoms with Crippen molar-refractivity contribution >= 4 is 24.0 Å². The minimum atomic E-state index is -0.0153. The highest BCUT2D eigenvalue weighted by Crippen LogP contribution is 2.23. The molecule has 0 aliphatic carbocycles. The van der Waals surface area contributed by atoms with Crippen molar-refractivity contribution < 1.29 is 9.53 Å². The van der Waals surface area contributed by atoms with Crippen LogP contribution in [0.2, 0.25) is 0 Å². The maximum absolute atomic E-state index is 12.2. The number of carbonyl (C=O) groups excluding carboxylic acids is 1. The van der Waals surface area contributed by atoms with Crippen molar-refractivity contribution in [3.05, 3.63) is 23.8 Å². The van der Waals surface area contributed by atoms with Crippen molar-refractivity contribution in [2.24, 2.45) is 0 Å². The van der Waals surface area contributed by atoms with Crippen LogP contribution >= 0.6 is 12.4 Å². The summed E-state index contributed by atoms with van der Waals surface area (Å²) in [6, 6.07) is 5.14. The number of nitrogens with zero attached hydrogens (tertiary/aromatic N) is 1. The standard InChI is InChI=1S/C13H20N2O2.ClH/c1-4-15(5-2)13(16)11-8-7-10(14)9-12(11)17-6-3;/h7-9H,4-6,14H2,1-3H3;1H. The lowest BCUT2D eigenvalue weighted by Gasteiger charge is -2.20. The van der Waals surface area contributed by atoms with Crippen LogP contribution in [0.4, 0.5) is 5.69 Å². The molecule has 0 saturated carbocycles. The van der Waals surface area contributed by atoms with E-state index in [9.17, 15) is 4.79 Å². The van der Waals surface area contributed by atoms with Gasteiger partial charge in [0.2, 0.25) is 0 Å². The number of nitrogen functional groups attached to an aromatic ring is 1. The Hall–Kier alpha value is -1.42. The first-order valence-electron chi connectivity index (χ1n) is 5.95. The number of anilines is 1. The minimum Gasteiger partial charge on any atom is -0.493 e. The topological polar surface area (TPSA) is 55.6 Å². The molecular weight excluding hydrogens is 252 g/mol. The molecule has 0 fully saturated rings. The first kappa shape index (κ1) is 16.6. The van der Waals surface area contributed by atoms with Crippen LogP contribution in [0.5, 0.6) is 5.75 Å². The fourth-order valence-corrected chi connectivity index (χ4v) is 1.67. The van der Waals surface area contributed by atoms with Gasteiger partial charge >= 0.3 is 0 Å². The molecule has 1 aromatic rings. The highest BCUT2D eigenvalue weighted by Gasteiger charge is 2.17. The van der Waals surface area contributed by atoms with E-state index in [0.29, 0.717) is 36.7 Å². The van der Waals surface area contributed by atoms with E-state index in [2.05, 4.69) is 0 Å². The number of halogens is 1. The highest BCUT2D eigenvalue weighted by molar-refractivity contribution is 5.97. The number of amides is 1. The second-order valence-electron chi connectivity index (χ2n) is 3.67. The normalized spacial score (nSPS) is 9.50. The van der Waals surface area contributed by atoms with E-state index in [-0.39, 0.29) is 18.3 Å². The van der Waals surface area contributed by atoms with Gasteiger partial charge in [-0.15, -0.1) is 12.4 Å². The Kier molecular flexibility index (Phi) is 7.20. The Morgan fingerprint density at radius 1 is 1.28 bits per heavy atom. The average molecular weight is 273 g/mol. The fourth-order valence-electron chi connectivity index (χ4n) is 1.67. The van der Waals surface area contributed by atoms with Crippen LogP contribution in [0.15, 0.2) is 18.2 Å². The third kappa shape index (κ3) is 3.81. The lowest BCUT2D eigenvalue weighted by Crippen LogP contribution is -2.30. The number of ether oxygens (including phenoxy) is 1. The van der Waals surface area contributed by atoms with Crippen LogP contribution in [-0.4, -0.2) is 30.5 Å². The Morgan fingerprint density at radius 3 is 2.39 bits per heavy atom. The largest absolute Gasteiger partial charge is 0.493 e. The molecular formula is C13H21ClN2O2. The fraction of sp³-hybridized carbons (Fsp3) is 0.462. The quantitative estimate of drug-likeness (QED) is 0.838. The second-order valence-corrected chi connectivity index (χ2v) is 3.67.